The van der Waals surface area contributed by atoms with Crippen LogP contribution >= 0.6 is 0 Å². The molecule has 7 nitrogen and oxygen atoms in total. The van der Waals surface area contributed by atoms with Gasteiger partial charge in [0.1, 0.15) is 11.6 Å². The predicted molar refractivity (Wildman–Crippen MR) is 90.7 cm³/mol. The van der Waals surface area contributed by atoms with E-state index in [1.165, 1.54) is 0 Å². The molecule has 1 aliphatic rings. The van der Waals surface area contributed by atoms with Crippen molar-refractivity contribution in [3.63, 3.8) is 0 Å². The number of benzene rings is 1. The highest BCUT2D eigenvalue weighted by atomic mass is 16.5. The summed E-state index contributed by atoms with van der Waals surface area (Å²) in [5.41, 5.74) is 1.49. The number of para-hydroxylation sites is 2. The van der Waals surface area contributed by atoms with Gasteiger partial charge in [-0.25, -0.2) is 10.0 Å². The van der Waals surface area contributed by atoms with Crippen molar-refractivity contribution in [2.24, 2.45) is 5.92 Å². The number of carbonyl (C=O) groups is 2. The van der Waals surface area contributed by atoms with Gasteiger partial charge in [-0.3, -0.25) is 14.8 Å². The Kier molecular flexibility index (Phi) is 5.33. The van der Waals surface area contributed by atoms with E-state index in [0.717, 1.165) is 24.8 Å². The number of aromatic nitrogens is 1. The lowest BCUT2D eigenvalue weighted by molar-refractivity contribution is -0.157. The molecule has 2 heterocycles. The number of fused-ring (bicyclic) bond motifs is 1. The lowest BCUT2D eigenvalue weighted by Gasteiger charge is -2.28. The smallest absolute Gasteiger partial charge is 0.233 e. The molecule has 7 heteroatoms. The van der Waals surface area contributed by atoms with Crippen LogP contribution in [0.15, 0.2) is 28.7 Å². The molecule has 0 aliphatic carbocycles. The Hall–Kier alpha value is -2.41. The number of rotatable bonds is 7. The molecule has 2 unspecified atom stereocenters. The van der Waals surface area contributed by atoms with Crippen LogP contribution in [0.2, 0.25) is 0 Å². The first kappa shape index (κ1) is 17.4. The molecule has 1 aromatic carbocycles. The van der Waals surface area contributed by atoms with E-state index in [9.17, 15) is 14.8 Å². The number of carbonyl (C=O) groups excluding carboxylic acids is 2. The molecule has 2 atom stereocenters. The van der Waals surface area contributed by atoms with Crippen molar-refractivity contribution in [1.82, 2.24) is 14.9 Å². The van der Waals surface area contributed by atoms with Crippen LogP contribution in [-0.2, 0) is 9.59 Å². The van der Waals surface area contributed by atoms with Crippen LogP contribution in [0, 0.1) is 5.92 Å². The fourth-order valence-corrected chi connectivity index (χ4v) is 3.46. The molecule has 0 saturated carbocycles. The number of hydrogen-bond donors (Lipinski definition) is 1. The molecule has 2 amide bonds. The molecule has 0 radical (unpaired) electrons. The third-order valence-electron chi connectivity index (χ3n) is 4.65. The summed E-state index contributed by atoms with van der Waals surface area (Å²) in [6, 6.07) is 7.35. The Balaban J connectivity index is 1.81. The van der Waals surface area contributed by atoms with Gasteiger partial charge in [0.05, 0.1) is 12.5 Å². The molecule has 1 aromatic heterocycles. The average molecular weight is 345 g/mol. The van der Waals surface area contributed by atoms with E-state index in [4.69, 9.17) is 4.42 Å². The zero-order valence-corrected chi connectivity index (χ0v) is 14.3. The summed E-state index contributed by atoms with van der Waals surface area (Å²) in [7, 11) is 0. The van der Waals surface area contributed by atoms with Gasteiger partial charge >= 0.3 is 0 Å². The SMILES string of the molecule is CCCC(CN(O)C=O)C(=O)N1CCCC1c1nc2ccccc2o1. The Morgan fingerprint density at radius 3 is 3.04 bits per heavy atom. The van der Waals surface area contributed by atoms with Crippen LogP contribution in [0.4, 0.5) is 0 Å². The van der Waals surface area contributed by atoms with Crippen molar-refractivity contribution in [3.8, 4) is 0 Å². The van der Waals surface area contributed by atoms with Gasteiger partial charge in [-0.1, -0.05) is 25.5 Å². The predicted octanol–water partition coefficient (Wildman–Crippen LogP) is 2.76. The van der Waals surface area contributed by atoms with Gasteiger partial charge < -0.3 is 9.32 Å². The normalized spacial score (nSPS) is 18.5. The molecular weight excluding hydrogens is 322 g/mol. The number of nitrogens with zero attached hydrogens (tertiary/aromatic N) is 3. The lowest BCUT2D eigenvalue weighted by Crippen LogP contribution is -2.40. The second kappa shape index (κ2) is 7.65. The first-order chi connectivity index (χ1) is 12.1. The zero-order chi connectivity index (χ0) is 17.8. The number of hydrogen-bond acceptors (Lipinski definition) is 5. The first-order valence-corrected chi connectivity index (χ1v) is 8.70. The van der Waals surface area contributed by atoms with Crippen LogP contribution in [0.3, 0.4) is 0 Å². The minimum Gasteiger partial charge on any atom is -0.438 e. The summed E-state index contributed by atoms with van der Waals surface area (Å²) in [6.07, 6.45) is 3.42. The van der Waals surface area contributed by atoms with Gasteiger partial charge in [0.2, 0.25) is 18.2 Å². The Bertz CT molecular complexity index is 712. The van der Waals surface area contributed by atoms with E-state index in [-0.39, 0.29) is 18.5 Å². The monoisotopic (exact) mass is 345 g/mol. The van der Waals surface area contributed by atoms with E-state index < -0.39 is 5.92 Å². The van der Waals surface area contributed by atoms with Crippen molar-refractivity contribution < 1.29 is 19.2 Å². The van der Waals surface area contributed by atoms with Gasteiger partial charge in [0.15, 0.2) is 5.58 Å². The van der Waals surface area contributed by atoms with Gasteiger partial charge in [-0.2, -0.15) is 0 Å². The molecular formula is C18H23N3O4. The van der Waals surface area contributed by atoms with Crippen molar-refractivity contribution in [2.45, 2.75) is 38.6 Å². The van der Waals surface area contributed by atoms with E-state index in [0.29, 0.717) is 35.9 Å². The minimum absolute atomic E-state index is 0.00690. The number of likely N-dealkylation sites (tertiary alicyclic amines) is 1. The maximum atomic E-state index is 13.0. The Labute approximate surface area is 146 Å². The summed E-state index contributed by atoms with van der Waals surface area (Å²) < 4.78 is 5.85. The molecule has 1 N–H and O–H groups in total. The highest BCUT2D eigenvalue weighted by molar-refractivity contribution is 5.80. The maximum Gasteiger partial charge on any atom is 0.233 e. The highest BCUT2D eigenvalue weighted by Crippen LogP contribution is 2.34. The van der Waals surface area contributed by atoms with Crippen molar-refractivity contribution in [3.05, 3.63) is 30.2 Å². The molecule has 0 spiro atoms. The zero-order valence-electron chi connectivity index (χ0n) is 14.3. The summed E-state index contributed by atoms with van der Waals surface area (Å²) in [5, 5.41) is 10.0. The van der Waals surface area contributed by atoms with Crippen LogP contribution in [0.25, 0.3) is 11.1 Å². The maximum absolute atomic E-state index is 13.0. The van der Waals surface area contributed by atoms with Gasteiger partial charge in [-0.15, -0.1) is 0 Å². The third-order valence-corrected chi connectivity index (χ3v) is 4.65. The summed E-state index contributed by atoms with van der Waals surface area (Å²) >= 11 is 0. The largest absolute Gasteiger partial charge is 0.438 e. The quantitative estimate of drug-likeness (QED) is 0.474. The molecule has 1 saturated heterocycles. The number of oxazole rings is 1. The summed E-state index contributed by atoms with van der Waals surface area (Å²) in [6.45, 7) is 2.62. The van der Waals surface area contributed by atoms with Crippen LogP contribution in [0.5, 0.6) is 0 Å². The van der Waals surface area contributed by atoms with Gasteiger partial charge in [0, 0.05) is 6.54 Å². The van der Waals surface area contributed by atoms with E-state index in [1.54, 1.807) is 4.90 Å². The van der Waals surface area contributed by atoms with E-state index in [2.05, 4.69) is 4.98 Å². The molecule has 25 heavy (non-hydrogen) atoms. The first-order valence-electron chi connectivity index (χ1n) is 8.70. The van der Waals surface area contributed by atoms with Crippen molar-refractivity contribution in [1.29, 1.82) is 0 Å². The average Bonchev–Trinajstić information content (AvgIpc) is 3.26. The second-order valence-corrected chi connectivity index (χ2v) is 6.42. The topological polar surface area (TPSA) is 86.9 Å². The van der Waals surface area contributed by atoms with Gasteiger partial charge in [0.25, 0.3) is 0 Å². The Morgan fingerprint density at radius 2 is 2.32 bits per heavy atom. The summed E-state index contributed by atoms with van der Waals surface area (Å²) in [5.74, 6) is 0.0659. The summed E-state index contributed by atoms with van der Waals surface area (Å²) in [4.78, 5) is 30.0. The molecule has 0 bridgehead atoms. The molecule has 2 aromatic rings. The standard InChI is InChI=1S/C18H23N3O4/c1-2-6-13(11-20(24)12-22)18(23)21-10-5-8-15(21)17-19-14-7-3-4-9-16(14)25-17/h3-4,7,9,12-13,15,24H,2,5-6,8,10-11H2,1H3. The van der Waals surface area contributed by atoms with Crippen LogP contribution < -0.4 is 0 Å². The van der Waals surface area contributed by atoms with Crippen LogP contribution in [-0.4, -0.2) is 45.6 Å². The Morgan fingerprint density at radius 1 is 1.52 bits per heavy atom. The van der Waals surface area contributed by atoms with Crippen molar-refractivity contribution in [2.75, 3.05) is 13.1 Å². The number of amides is 2. The fraction of sp³-hybridized carbons (Fsp3) is 0.500. The van der Waals surface area contributed by atoms with Crippen LogP contribution in [0.1, 0.15) is 44.5 Å². The molecule has 1 aliphatic heterocycles. The second-order valence-electron chi connectivity index (χ2n) is 6.42. The van der Waals surface area contributed by atoms with Gasteiger partial charge in [-0.05, 0) is 31.4 Å². The lowest BCUT2D eigenvalue weighted by atomic mass is 10.0. The van der Waals surface area contributed by atoms with E-state index in [1.807, 2.05) is 31.2 Å². The molecule has 134 valence electrons. The molecule has 3 rings (SSSR count). The fourth-order valence-electron chi connectivity index (χ4n) is 3.46. The highest BCUT2D eigenvalue weighted by Gasteiger charge is 2.36. The molecule has 1 fully saturated rings. The minimum atomic E-state index is -0.426. The number of hydroxylamine groups is 2. The third kappa shape index (κ3) is 3.66. The van der Waals surface area contributed by atoms with Crippen molar-refractivity contribution >= 4 is 23.4 Å². The van der Waals surface area contributed by atoms with E-state index >= 15 is 0 Å².